The van der Waals surface area contributed by atoms with Crippen molar-refractivity contribution in [1.82, 2.24) is 15.0 Å². The smallest absolute Gasteiger partial charge is 0.490 e. The maximum absolute atomic E-state index is 10.6. The third-order valence-electron chi connectivity index (χ3n) is 4.67. The van der Waals surface area contributed by atoms with Gasteiger partial charge in [-0.2, -0.15) is 13.2 Å². The first kappa shape index (κ1) is 20.8. The first-order chi connectivity index (χ1) is 13.8. The van der Waals surface area contributed by atoms with Crippen molar-refractivity contribution in [3.63, 3.8) is 0 Å². The van der Waals surface area contributed by atoms with E-state index in [9.17, 15) is 13.2 Å². The molecule has 1 N–H and O–H groups in total. The van der Waals surface area contributed by atoms with Gasteiger partial charge in [0.05, 0.1) is 25.5 Å². The number of hydrogen-bond donors (Lipinski definition) is 1. The van der Waals surface area contributed by atoms with E-state index in [2.05, 4.69) is 19.9 Å². The highest BCUT2D eigenvalue weighted by atomic mass is 19.4. The number of nitrogens with zero attached hydrogens (tertiary/aromatic N) is 4. The van der Waals surface area contributed by atoms with E-state index in [1.54, 1.807) is 24.8 Å². The number of carbonyl (C=O) groups is 1. The van der Waals surface area contributed by atoms with Crippen LogP contribution in [0.3, 0.4) is 0 Å². The zero-order valence-electron chi connectivity index (χ0n) is 15.2. The largest absolute Gasteiger partial charge is 0.493 e. The number of fused-ring (bicyclic) bond motifs is 1. The third kappa shape index (κ3) is 5.53. The van der Waals surface area contributed by atoms with E-state index in [1.807, 2.05) is 18.3 Å². The molecule has 0 unspecified atom stereocenters. The molecule has 4 rings (SSSR count). The quantitative estimate of drug-likeness (QED) is 0.815. The number of aromatic nitrogens is 3. The second kappa shape index (κ2) is 9.03. The van der Waals surface area contributed by atoms with Crippen molar-refractivity contribution >= 4 is 11.8 Å². The van der Waals surface area contributed by atoms with Gasteiger partial charge in [-0.1, -0.05) is 0 Å². The summed E-state index contributed by atoms with van der Waals surface area (Å²) in [6.45, 7) is 3.29. The average Bonchev–Trinajstić information content (AvgIpc) is 3.29. The molecule has 0 aromatic carbocycles. The van der Waals surface area contributed by atoms with Crippen LogP contribution in [-0.4, -0.2) is 64.6 Å². The van der Waals surface area contributed by atoms with Crippen LogP contribution in [0.15, 0.2) is 43.1 Å². The minimum atomic E-state index is -5.08. The predicted octanol–water partition coefficient (Wildman–Crippen LogP) is 2.04. The Balaban J connectivity index is 0.000000298. The van der Waals surface area contributed by atoms with Crippen LogP contribution < -0.4 is 9.64 Å². The van der Waals surface area contributed by atoms with Crippen LogP contribution in [-0.2, 0) is 9.53 Å². The molecule has 0 aliphatic carbocycles. The van der Waals surface area contributed by atoms with Gasteiger partial charge in [0.1, 0.15) is 11.6 Å². The van der Waals surface area contributed by atoms with Gasteiger partial charge in [-0.05, 0) is 12.1 Å². The molecule has 0 spiro atoms. The fraction of sp³-hybridized carbons (Fsp3) is 0.444. The number of alkyl halides is 3. The molecule has 8 nitrogen and oxygen atoms in total. The number of hydrogen-bond acceptors (Lipinski definition) is 7. The Labute approximate surface area is 164 Å². The normalized spacial score (nSPS) is 23.1. The molecule has 29 heavy (non-hydrogen) atoms. The lowest BCUT2D eigenvalue weighted by molar-refractivity contribution is -0.192. The van der Waals surface area contributed by atoms with Crippen molar-refractivity contribution in [3.05, 3.63) is 43.1 Å². The zero-order chi connectivity index (χ0) is 20.9. The molecule has 2 saturated heterocycles. The summed E-state index contributed by atoms with van der Waals surface area (Å²) in [5, 5.41) is 7.12. The van der Waals surface area contributed by atoms with Crippen LogP contribution in [0.25, 0.3) is 0 Å². The predicted molar refractivity (Wildman–Crippen MR) is 94.4 cm³/mol. The summed E-state index contributed by atoms with van der Waals surface area (Å²) < 4.78 is 43.6. The Morgan fingerprint density at radius 1 is 1.21 bits per heavy atom. The number of rotatable bonds is 4. The molecule has 4 heterocycles. The molecule has 2 aromatic heterocycles. The second-order valence-electron chi connectivity index (χ2n) is 6.56. The molecule has 0 saturated carbocycles. The lowest BCUT2D eigenvalue weighted by Gasteiger charge is -2.20. The van der Waals surface area contributed by atoms with Crippen molar-refractivity contribution in [2.24, 2.45) is 11.8 Å². The Morgan fingerprint density at radius 2 is 1.93 bits per heavy atom. The number of carboxylic acids is 1. The van der Waals surface area contributed by atoms with Gasteiger partial charge in [0, 0.05) is 49.7 Å². The van der Waals surface area contributed by atoms with Gasteiger partial charge < -0.3 is 19.5 Å². The molecule has 156 valence electrons. The fourth-order valence-corrected chi connectivity index (χ4v) is 3.25. The highest BCUT2D eigenvalue weighted by molar-refractivity contribution is 5.73. The lowest BCUT2D eigenvalue weighted by atomic mass is 9.94. The lowest BCUT2D eigenvalue weighted by Crippen LogP contribution is -2.27. The molecule has 2 aromatic rings. The maximum Gasteiger partial charge on any atom is 0.490 e. The van der Waals surface area contributed by atoms with Crippen LogP contribution in [0.4, 0.5) is 19.0 Å². The van der Waals surface area contributed by atoms with E-state index in [1.165, 1.54) is 0 Å². The number of carboxylic acid groups (broad SMARTS) is 1. The molecule has 2 aliphatic rings. The van der Waals surface area contributed by atoms with Gasteiger partial charge in [0.2, 0.25) is 0 Å². The molecule has 2 fully saturated rings. The molecule has 2 aliphatic heterocycles. The van der Waals surface area contributed by atoms with Crippen LogP contribution in [0.2, 0.25) is 0 Å². The minimum absolute atomic E-state index is 0.271. The highest BCUT2D eigenvalue weighted by Crippen LogP contribution is 2.35. The first-order valence-electron chi connectivity index (χ1n) is 8.80. The van der Waals surface area contributed by atoms with Crippen molar-refractivity contribution in [2.75, 3.05) is 31.2 Å². The second-order valence-corrected chi connectivity index (χ2v) is 6.56. The van der Waals surface area contributed by atoms with Crippen LogP contribution in [0, 0.1) is 11.8 Å². The topological polar surface area (TPSA) is 97.7 Å². The van der Waals surface area contributed by atoms with E-state index in [0.717, 1.165) is 31.3 Å². The minimum Gasteiger partial charge on any atom is -0.493 e. The summed E-state index contributed by atoms with van der Waals surface area (Å²) in [6, 6.07) is 3.77. The van der Waals surface area contributed by atoms with Crippen molar-refractivity contribution in [3.8, 4) is 5.75 Å². The van der Waals surface area contributed by atoms with Gasteiger partial charge in [-0.15, -0.1) is 0 Å². The van der Waals surface area contributed by atoms with Crippen LogP contribution in [0.1, 0.15) is 0 Å². The van der Waals surface area contributed by atoms with E-state index in [-0.39, 0.29) is 6.10 Å². The summed E-state index contributed by atoms with van der Waals surface area (Å²) in [6.07, 6.45) is 3.91. The SMILES string of the molecule is O=C(O)C(F)(F)F.c1cc(OC[C@@H]2CO[C@@H]3CN(c4cnccn4)C[C@H]23)ccn1. The molecule has 0 radical (unpaired) electrons. The third-order valence-corrected chi connectivity index (χ3v) is 4.67. The summed E-state index contributed by atoms with van der Waals surface area (Å²) in [5.41, 5.74) is 0. The van der Waals surface area contributed by atoms with Gasteiger partial charge in [-0.3, -0.25) is 9.97 Å². The Hall–Kier alpha value is -2.95. The van der Waals surface area contributed by atoms with Gasteiger partial charge >= 0.3 is 12.1 Å². The van der Waals surface area contributed by atoms with Gasteiger partial charge in [-0.25, -0.2) is 9.78 Å². The molecule has 11 heteroatoms. The van der Waals surface area contributed by atoms with E-state index >= 15 is 0 Å². The van der Waals surface area contributed by atoms with Gasteiger partial charge in [0.25, 0.3) is 0 Å². The maximum atomic E-state index is 10.6. The summed E-state index contributed by atoms with van der Waals surface area (Å²) >= 11 is 0. The monoisotopic (exact) mass is 412 g/mol. The molecule has 3 atom stereocenters. The van der Waals surface area contributed by atoms with Crippen LogP contribution >= 0.6 is 0 Å². The number of pyridine rings is 1. The molecular weight excluding hydrogens is 393 g/mol. The zero-order valence-corrected chi connectivity index (χ0v) is 15.2. The Bertz CT molecular complexity index is 795. The summed E-state index contributed by atoms with van der Waals surface area (Å²) in [4.78, 5) is 23.7. The van der Waals surface area contributed by atoms with Crippen molar-refractivity contribution < 1.29 is 32.5 Å². The Kier molecular flexibility index (Phi) is 6.47. The van der Waals surface area contributed by atoms with E-state index < -0.39 is 12.1 Å². The van der Waals surface area contributed by atoms with Crippen molar-refractivity contribution in [2.45, 2.75) is 12.3 Å². The number of halogens is 3. The van der Waals surface area contributed by atoms with Crippen LogP contribution in [0.5, 0.6) is 5.75 Å². The van der Waals surface area contributed by atoms with E-state index in [4.69, 9.17) is 19.4 Å². The van der Waals surface area contributed by atoms with Gasteiger partial charge in [0.15, 0.2) is 0 Å². The average molecular weight is 412 g/mol. The fourth-order valence-electron chi connectivity index (χ4n) is 3.25. The van der Waals surface area contributed by atoms with E-state index in [0.29, 0.717) is 18.4 Å². The molecule has 0 bridgehead atoms. The molecule has 0 amide bonds. The number of aliphatic carboxylic acids is 1. The first-order valence-corrected chi connectivity index (χ1v) is 8.80. The summed E-state index contributed by atoms with van der Waals surface area (Å²) in [7, 11) is 0. The highest BCUT2D eigenvalue weighted by Gasteiger charge is 2.44. The number of ether oxygens (including phenoxy) is 2. The standard InChI is InChI=1S/C16H18N4O2.C2HF3O2/c1-3-17-4-2-13(1)21-10-12-11-22-15-9-20(8-14(12)15)16-7-18-5-6-19-16;3-2(4,5)1(6)7/h1-7,12,14-15H,8-11H2;(H,6,7)/t12-,14-,15-;/m1./s1. The Morgan fingerprint density at radius 3 is 2.55 bits per heavy atom. The van der Waals surface area contributed by atoms with Crippen molar-refractivity contribution in [1.29, 1.82) is 0 Å². The summed E-state index contributed by atoms with van der Waals surface area (Å²) in [5.74, 6) is -0.0623. The molecular formula is C18H19F3N4O4. The number of anilines is 1.